The highest BCUT2D eigenvalue weighted by atomic mass is 16.2. The lowest BCUT2D eigenvalue weighted by atomic mass is 9.94. The van der Waals surface area contributed by atoms with Gasteiger partial charge < -0.3 is 4.90 Å². The van der Waals surface area contributed by atoms with Crippen molar-refractivity contribution < 1.29 is 4.79 Å². The van der Waals surface area contributed by atoms with E-state index in [9.17, 15) is 4.79 Å². The van der Waals surface area contributed by atoms with Gasteiger partial charge in [-0.3, -0.25) is 4.79 Å². The standard InChI is InChI=1S/C17H25N2O/c1-2-19(14-16-7-4-3-5-8-16)17(20)11-10-15-9-6-12-18-13-15/h3-5,7-8,15H,2,6,9-14H2,1H3. The van der Waals surface area contributed by atoms with Crippen molar-refractivity contribution >= 4 is 5.91 Å². The molecule has 1 saturated heterocycles. The number of carbonyl (C=O) groups excluding carboxylic acids is 1. The van der Waals surface area contributed by atoms with Crippen LogP contribution in [0.4, 0.5) is 0 Å². The van der Waals surface area contributed by atoms with Crippen molar-refractivity contribution in [3.8, 4) is 0 Å². The zero-order valence-electron chi connectivity index (χ0n) is 12.4. The average Bonchev–Trinajstić information content (AvgIpc) is 2.52. The van der Waals surface area contributed by atoms with Crippen molar-refractivity contribution in [2.45, 2.75) is 39.2 Å². The Morgan fingerprint density at radius 1 is 1.35 bits per heavy atom. The van der Waals surface area contributed by atoms with Crippen molar-refractivity contribution in [3.63, 3.8) is 0 Å². The van der Waals surface area contributed by atoms with Crippen LogP contribution in [0, 0.1) is 5.92 Å². The number of nitrogens with zero attached hydrogens (tertiary/aromatic N) is 2. The van der Waals surface area contributed by atoms with E-state index in [-0.39, 0.29) is 5.91 Å². The van der Waals surface area contributed by atoms with Crippen molar-refractivity contribution in [1.82, 2.24) is 10.2 Å². The van der Waals surface area contributed by atoms with Gasteiger partial charge in [-0.15, -0.1) is 0 Å². The molecule has 109 valence electrons. The first-order valence-corrected chi connectivity index (χ1v) is 7.74. The van der Waals surface area contributed by atoms with Crippen molar-refractivity contribution in [2.75, 3.05) is 19.6 Å². The predicted octanol–water partition coefficient (Wildman–Crippen LogP) is 2.83. The fraction of sp³-hybridized carbons (Fsp3) is 0.588. The maximum atomic E-state index is 12.3. The molecular formula is C17H25N2O. The SMILES string of the molecule is CCN(Cc1ccccc1)C(=O)CCC1CCC[N]C1. The van der Waals surface area contributed by atoms with Crippen LogP contribution in [0.2, 0.25) is 0 Å². The van der Waals surface area contributed by atoms with Crippen LogP contribution < -0.4 is 5.32 Å². The largest absolute Gasteiger partial charge is 0.339 e. The molecule has 1 aromatic carbocycles. The van der Waals surface area contributed by atoms with Crippen molar-refractivity contribution in [2.24, 2.45) is 5.92 Å². The van der Waals surface area contributed by atoms with Gasteiger partial charge in [0, 0.05) is 32.6 Å². The third kappa shape index (κ3) is 4.64. The summed E-state index contributed by atoms with van der Waals surface area (Å²) in [4.78, 5) is 14.3. The number of amides is 1. The Labute approximate surface area is 122 Å². The number of carbonyl (C=O) groups is 1. The van der Waals surface area contributed by atoms with E-state index in [1.807, 2.05) is 23.1 Å². The minimum atomic E-state index is 0.280. The Kier molecular flexibility index (Phi) is 6.06. The minimum Gasteiger partial charge on any atom is -0.339 e. The molecule has 2 rings (SSSR count). The number of piperidine rings is 1. The normalized spacial score (nSPS) is 18.8. The van der Waals surface area contributed by atoms with Gasteiger partial charge >= 0.3 is 0 Å². The van der Waals surface area contributed by atoms with E-state index in [1.165, 1.54) is 18.4 Å². The monoisotopic (exact) mass is 273 g/mol. The molecule has 1 radical (unpaired) electrons. The molecule has 0 spiro atoms. The molecule has 3 nitrogen and oxygen atoms in total. The predicted molar refractivity (Wildman–Crippen MR) is 81.4 cm³/mol. The smallest absolute Gasteiger partial charge is 0.222 e. The summed E-state index contributed by atoms with van der Waals surface area (Å²) < 4.78 is 0. The second-order valence-electron chi connectivity index (χ2n) is 5.57. The third-order valence-corrected chi connectivity index (χ3v) is 4.03. The zero-order valence-corrected chi connectivity index (χ0v) is 12.4. The highest BCUT2D eigenvalue weighted by Crippen LogP contribution is 2.17. The molecule has 0 saturated carbocycles. The van der Waals surface area contributed by atoms with E-state index in [2.05, 4.69) is 24.4 Å². The van der Waals surface area contributed by atoms with Gasteiger partial charge in [0.1, 0.15) is 0 Å². The Balaban J connectivity index is 1.79. The van der Waals surface area contributed by atoms with Gasteiger partial charge in [0.15, 0.2) is 0 Å². The van der Waals surface area contributed by atoms with Crippen LogP contribution in [-0.2, 0) is 11.3 Å². The first kappa shape index (κ1) is 15.0. The molecule has 1 unspecified atom stereocenters. The fourth-order valence-corrected chi connectivity index (χ4v) is 2.76. The third-order valence-electron chi connectivity index (χ3n) is 4.03. The molecular weight excluding hydrogens is 248 g/mol. The van der Waals surface area contributed by atoms with Gasteiger partial charge in [0.05, 0.1) is 0 Å². The molecule has 1 fully saturated rings. The van der Waals surface area contributed by atoms with E-state index in [0.717, 1.165) is 32.6 Å². The quantitative estimate of drug-likeness (QED) is 0.785. The Bertz CT molecular complexity index is 399. The van der Waals surface area contributed by atoms with Gasteiger partial charge in [-0.05, 0) is 37.7 Å². The summed E-state index contributed by atoms with van der Waals surface area (Å²) in [7, 11) is 0. The van der Waals surface area contributed by atoms with Gasteiger partial charge in [-0.1, -0.05) is 30.3 Å². The molecule has 1 aliphatic heterocycles. The molecule has 0 aliphatic carbocycles. The van der Waals surface area contributed by atoms with E-state index < -0.39 is 0 Å². The van der Waals surface area contributed by atoms with Crippen LogP contribution in [0.25, 0.3) is 0 Å². The molecule has 0 N–H and O–H groups in total. The molecule has 1 amide bonds. The van der Waals surface area contributed by atoms with Gasteiger partial charge in [-0.25, -0.2) is 5.32 Å². The number of hydrogen-bond acceptors (Lipinski definition) is 1. The summed E-state index contributed by atoms with van der Waals surface area (Å²) in [5, 5.41) is 4.44. The molecule has 20 heavy (non-hydrogen) atoms. The number of hydrogen-bond donors (Lipinski definition) is 0. The first-order valence-electron chi connectivity index (χ1n) is 7.74. The molecule has 0 bridgehead atoms. The van der Waals surface area contributed by atoms with E-state index in [1.54, 1.807) is 0 Å². The van der Waals surface area contributed by atoms with Crippen LogP contribution in [0.5, 0.6) is 0 Å². The van der Waals surface area contributed by atoms with Crippen molar-refractivity contribution in [3.05, 3.63) is 35.9 Å². The second-order valence-corrected chi connectivity index (χ2v) is 5.57. The minimum absolute atomic E-state index is 0.280. The average molecular weight is 273 g/mol. The summed E-state index contributed by atoms with van der Waals surface area (Å²) >= 11 is 0. The Morgan fingerprint density at radius 2 is 2.15 bits per heavy atom. The molecule has 1 atom stereocenters. The fourth-order valence-electron chi connectivity index (χ4n) is 2.76. The highest BCUT2D eigenvalue weighted by molar-refractivity contribution is 5.76. The molecule has 1 aromatic rings. The second kappa shape index (κ2) is 8.05. The lowest BCUT2D eigenvalue weighted by Crippen LogP contribution is -2.31. The zero-order chi connectivity index (χ0) is 14.2. The Hall–Kier alpha value is -1.35. The van der Waals surface area contributed by atoms with Crippen LogP contribution >= 0.6 is 0 Å². The maximum absolute atomic E-state index is 12.3. The van der Waals surface area contributed by atoms with Crippen LogP contribution in [-0.4, -0.2) is 30.4 Å². The molecule has 3 heteroatoms. The lowest BCUT2D eigenvalue weighted by molar-refractivity contribution is -0.132. The summed E-state index contributed by atoms with van der Waals surface area (Å²) in [5.74, 6) is 0.907. The van der Waals surface area contributed by atoms with Crippen molar-refractivity contribution in [1.29, 1.82) is 0 Å². The highest BCUT2D eigenvalue weighted by Gasteiger charge is 2.17. The number of benzene rings is 1. The van der Waals surface area contributed by atoms with Gasteiger partial charge in [0.2, 0.25) is 5.91 Å². The van der Waals surface area contributed by atoms with Crippen LogP contribution in [0.1, 0.15) is 38.2 Å². The molecule has 0 aromatic heterocycles. The molecule has 1 heterocycles. The van der Waals surface area contributed by atoms with Gasteiger partial charge in [-0.2, -0.15) is 0 Å². The van der Waals surface area contributed by atoms with Crippen LogP contribution in [0.3, 0.4) is 0 Å². The lowest BCUT2D eigenvalue weighted by Gasteiger charge is -2.24. The van der Waals surface area contributed by atoms with E-state index in [4.69, 9.17) is 0 Å². The summed E-state index contributed by atoms with van der Waals surface area (Å²) in [6.07, 6.45) is 4.09. The van der Waals surface area contributed by atoms with Crippen LogP contribution in [0.15, 0.2) is 30.3 Å². The number of rotatable bonds is 6. The Morgan fingerprint density at radius 3 is 2.80 bits per heavy atom. The van der Waals surface area contributed by atoms with E-state index >= 15 is 0 Å². The van der Waals surface area contributed by atoms with E-state index in [0.29, 0.717) is 12.3 Å². The summed E-state index contributed by atoms with van der Waals surface area (Å²) in [6.45, 7) is 5.53. The molecule has 1 aliphatic rings. The first-order chi connectivity index (χ1) is 9.79. The maximum Gasteiger partial charge on any atom is 0.222 e. The summed E-state index contributed by atoms with van der Waals surface area (Å²) in [5.41, 5.74) is 1.20. The van der Waals surface area contributed by atoms with Gasteiger partial charge in [0.25, 0.3) is 0 Å². The topological polar surface area (TPSA) is 34.4 Å². The summed E-state index contributed by atoms with van der Waals surface area (Å²) in [6, 6.07) is 10.2.